The number of nitrogens with one attached hydrogen (secondary N) is 1. The maximum Gasteiger partial charge on any atom is 0.339 e. The standard InChI is InChI=1S/C19H24N2O3S2/c1-12(2)13(3)20-18(22)9-24-19(23)16-7-5-6-8-17(16)26-11-15-10-25-14(4)21-15/h5-8,10,12-13H,9,11H2,1-4H3,(H,20,22). The lowest BCUT2D eigenvalue weighted by Crippen LogP contribution is -2.38. The number of esters is 1. The Labute approximate surface area is 162 Å². The van der Waals surface area contributed by atoms with Gasteiger partial charge in [0, 0.05) is 22.1 Å². The van der Waals surface area contributed by atoms with Gasteiger partial charge in [0.25, 0.3) is 5.91 Å². The number of thioether (sulfide) groups is 1. The highest BCUT2D eigenvalue weighted by atomic mass is 32.2. The van der Waals surface area contributed by atoms with Gasteiger partial charge < -0.3 is 10.1 Å². The highest BCUT2D eigenvalue weighted by molar-refractivity contribution is 7.98. The van der Waals surface area contributed by atoms with E-state index in [4.69, 9.17) is 4.74 Å². The smallest absolute Gasteiger partial charge is 0.339 e. The van der Waals surface area contributed by atoms with Crippen molar-refractivity contribution < 1.29 is 14.3 Å². The van der Waals surface area contributed by atoms with Crippen LogP contribution in [0.15, 0.2) is 34.5 Å². The molecule has 0 radical (unpaired) electrons. The van der Waals surface area contributed by atoms with Gasteiger partial charge in [0.1, 0.15) is 0 Å². The summed E-state index contributed by atoms with van der Waals surface area (Å²) in [5.74, 6) is 0.222. The van der Waals surface area contributed by atoms with Crippen molar-refractivity contribution >= 4 is 35.0 Å². The number of benzene rings is 1. The molecule has 0 spiro atoms. The number of aryl methyl sites for hydroxylation is 1. The molecular weight excluding hydrogens is 368 g/mol. The second-order valence-corrected chi connectivity index (χ2v) is 8.40. The van der Waals surface area contributed by atoms with Crippen LogP contribution in [0.4, 0.5) is 0 Å². The van der Waals surface area contributed by atoms with Crippen molar-refractivity contribution in [2.24, 2.45) is 5.92 Å². The zero-order chi connectivity index (χ0) is 19.1. The zero-order valence-electron chi connectivity index (χ0n) is 15.4. The number of rotatable bonds is 8. The summed E-state index contributed by atoms with van der Waals surface area (Å²) < 4.78 is 5.19. The van der Waals surface area contributed by atoms with Crippen molar-refractivity contribution in [2.75, 3.05) is 6.61 Å². The maximum atomic E-state index is 12.4. The molecule has 0 aliphatic heterocycles. The van der Waals surface area contributed by atoms with Crippen molar-refractivity contribution in [3.05, 3.63) is 45.9 Å². The number of nitrogens with zero attached hydrogens (tertiary/aromatic N) is 1. The summed E-state index contributed by atoms with van der Waals surface area (Å²) in [5, 5.41) is 5.86. The molecule has 1 aromatic carbocycles. The van der Waals surface area contributed by atoms with Crippen LogP contribution in [0.25, 0.3) is 0 Å². The van der Waals surface area contributed by atoms with Crippen LogP contribution in [-0.2, 0) is 15.3 Å². The average Bonchev–Trinajstić information content (AvgIpc) is 3.03. The SMILES string of the molecule is Cc1nc(CSc2ccccc2C(=O)OCC(=O)NC(C)C(C)C)cs1. The van der Waals surface area contributed by atoms with Crippen LogP contribution in [0, 0.1) is 12.8 Å². The molecule has 1 atom stereocenters. The van der Waals surface area contributed by atoms with Gasteiger partial charge in [-0.2, -0.15) is 0 Å². The fourth-order valence-electron chi connectivity index (χ4n) is 2.06. The molecular formula is C19H24N2O3S2. The highest BCUT2D eigenvalue weighted by Crippen LogP contribution is 2.27. The molecule has 1 aromatic heterocycles. The molecule has 1 unspecified atom stereocenters. The van der Waals surface area contributed by atoms with Crippen molar-refractivity contribution in [1.29, 1.82) is 0 Å². The van der Waals surface area contributed by atoms with Crippen LogP contribution in [0.1, 0.15) is 41.8 Å². The van der Waals surface area contributed by atoms with E-state index in [2.05, 4.69) is 10.3 Å². The minimum atomic E-state index is -0.491. The monoisotopic (exact) mass is 392 g/mol. The number of aromatic nitrogens is 1. The molecule has 1 heterocycles. The number of carbonyl (C=O) groups excluding carboxylic acids is 2. The molecule has 0 saturated heterocycles. The van der Waals surface area contributed by atoms with E-state index < -0.39 is 5.97 Å². The summed E-state index contributed by atoms with van der Waals surface area (Å²) >= 11 is 3.14. The molecule has 140 valence electrons. The molecule has 1 N–H and O–H groups in total. The van der Waals surface area contributed by atoms with Crippen LogP contribution in [0.3, 0.4) is 0 Å². The molecule has 26 heavy (non-hydrogen) atoms. The Balaban J connectivity index is 1.93. The minimum absolute atomic E-state index is 0.0330. The number of hydrogen-bond acceptors (Lipinski definition) is 6. The predicted octanol–water partition coefficient (Wildman–Crippen LogP) is 4.06. The maximum absolute atomic E-state index is 12.4. The van der Waals surface area contributed by atoms with E-state index in [0.717, 1.165) is 15.6 Å². The van der Waals surface area contributed by atoms with Gasteiger partial charge in [-0.25, -0.2) is 9.78 Å². The summed E-state index contributed by atoms with van der Waals surface area (Å²) in [4.78, 5) is 29.5. The van der Waals surface area contributed by atoms with E-state index in [9.17, 15) is 9.59 Å². The summed E-state index contributed by atoms with van der Waals surface area (Å²) in [7, 11) is 0. The third kappa shape index (κ3) is 6.14. The van der Waals surface area contributed by atoms with Gasteiger partial charge in [0.15, 0.2) is 6.61 Å². The Morgan fingerprint density at radius 3 is 2.65 bits per heavy atom. The first kappa shape index (κ1) is 20.5. The number of amides is 1. The molecule has 0 bridgehead atoms. The molecule has 0 fully saturated rings. The topological polar surface area (TPSA) is 68.3 Å². The first-order chi connectivity index (χ1) is 12.4. The quantitative estimate of drug-likeness (QED) is 0.542. The van der Waals surface area contributed by atoms with Gasteiger partial charge in [0.05, 0.1) is 16.3 Å². The first-order valence-corrected chi connectivity index (χ1v) is 10.3. The highest BCUT2D eigenvalue weighted by Gasteiger charge is 2.16. The Morgan fingerprint density at radius 2 is 2.00 bits per heavy atom. The van der Waals surface area contributed by atoms with E-state index in [1.54, 1.807) is 23.5 Å². The van der Waals surface area contributed by atoms with Gasteiger partial charge in [0.2, 0.25) is 0 Å². The molecule has 0 aliphatic carbocycles. The lowest BCUT2D eigenvalue weighted by molar-refractivity contribution is -0.125. The Kier molecular flexibility index (Phi) is 7.66. The average molecular weight is 393 g/mol. The lowest BCUT2D eigenvalue weighted by atomic mass is 10.1. The van der Waals surface area contributed by atoms with Crippen LogP contribution >= 0.6 is 23.1 Å². The normalized spacial score (nSPS) is 12.0. The molecule has 2 rings (SSSR count). The van der Waals surface area contributed by atoms with E-state index in [-0.39, 0.29) is 18.6 Å². The zero-order valence-corrected chi connectivity index (χ0v) is 17.1. The molecule has 2 aromatic rings. The third-order valence-corrected chi connectivity index (χ3v) is 5.80. The molecule has 7 heteroatoms. The van der Waals surface area contributed by atoms with Gasteiger partial charge in [-0.3, -0.25) is 4.79 Å². The molecule has 0 aliphatic rings. The first-order valence-electron chi connectivity index (χ1n) is 8.46. The molecule has 5 nitrogen and oxygen atoms in total. The van der Waals surface area contributed by atoms with Gasteiger partial charge >= 0.3 is 5.97 Å². The van der Waals surface area contributed by atoms with Crippen LogP contribution in [0.2, 0.25) is 0 Å². The van der Waals surface area contributed by atoms with Crippen LogP contribution in [0.5, 0.6) is 0 Å². The van der Waals surface area contributed by atoms with E-state index >= 15 is 0 Å². The van der Waals surface area contributed by atoms with Crippen molar-refractivity contribution in [3.8, 4) is 0 Å². The number of thiazole rings is 1. The molecule has 0 saturated carbocycles. The van der Waals surface area contributed by atoms with Gasteiger partial charge in [-0.05, 0) is 31.9 Å². The van der Waals surface area contributed by atoms with Gasteiger partial charge in [-0.1, -0.05) is 26.0 Å². The predicted molar refractivity (Wildman–Crippen MR) is 106 cm³/mol. The second kappa shape index (κ2) is 9.73. The van der Waals surface area contributed by atoms with Gasteiger partial charge in [-0.15, -0.1) is 23.1 Å². The van der Waals surface area contributed by atoms with Crippen LogP contribution < -0.4 is 5.32 Å². The Morgan fingerprint density at radius 1 is 1.27 bits per heavy atom. The number of carbonyl (C=O) groups is 2. The fraction of sp³-hybridized carbons (Fsp3) is 0.421. The van der Waals surface area contributed by atoms with E-state index in [1.807, 2.05) is 45.2 Å². The third-order valence-electron chi connectivity index (χ3n) is 3.87. The summed E-state index contributed by atoms with van der Waals surface area (Å²) in [6.07, 6.45) is 0. The summed E-state index contributed by atoms with van der Waals surface area (Å²) in [6, 6.07) is 7.29. The van der Waals surface area contributed by atoms with Crippen molar-refractivity contribution in [1.82, 2.24) is 10.3 Å². The Bertz CT molecular complexity index is 759. The fourth-order valence-corrected chi connectivity index (χ4v) is 3.71. The Hall–Kier alpha value is -1.86. The van der Waals surface area contributed by atoms with Crippen molar-refractivity contribution in [2.45, 2.75) is 44.4 Å². The number of ether oxygens (including phenoxy) is 1. The van der Waals surface area contributed by atoms with Crippen molar-refractivity contribution in [3.63, 3.8) is 0 Å². The second-order valence-electron chi connectivity index (χ2n) is 6.32. The van der Waals surface area contributed by atoms with E-state index in [0.29, 0.717) is 17.2 Å². The van der Waals surface area contributed by atoms with E-state index in [1.165, 1.54) is 11.8 Å². The summed E-state index contributed by atoms with van der Waals surface area (Å²) in [6.45, 7) is 7.66. The largest absolute Gasteiger partial charge is 0.452 e. The van der Waals surface area contributed by atoms with Crippen LogP contribution in [-0.4, -0.2) is 29.5 Å². The minimum Gasteiger partial charge on any atom is -0.452 e. The molecule has 1 amide bonds. The number of hydrogen-bond donors (Lipinski definition) is 1. The summed E-state index contributed by atoms with van der Waals surface area (Å²) in [5.41, 5.74) is 1.46. The lowest BCUT2D eigenvalue weighted by Gasteiger charge is -2.17.